The minimum atomic E-state index is -1.31. The minimum Gasteiger partial charge on any atom is -0.463 e. The molecule has 4 heterocycles. The van der Waals surface area contributed by atoms with E-state index in [0.29, 0.717) is 18.4 Å². The number of likely N-dealkylation sites (tertiary alicyclic amines) is 1. The van der Waals surface area contributed by atoms with Crippen molar-refractivity contribution in [3.8, 4) is 0 Å². The maximum Gasteiger partial charge on any atom is 0.306 e. The predicted molar refractivity (Wildman–Crippen MR) is 186 cm³/mol. The Morgan fingerprint density at radius 1 is 1.16 bits per heavy atom. The number of amides is 3. The fourth-order valence-electron chi connectivity index (χ4n) is 7.56. The van der Waals surface area contributed by atoms with E-state index in [0.717, 1.165) is 11.1 Å². The van der Waals surface area contributed by atoms with Gasteiger partial charge in [-0.15, -0.1) is 18.3 Å². The Labute approximate surface area is 298 Å². The largest absolute Gasteiger partial charge is 0.463 e. The van der Waals surface area contributed by atoms with Gasteiger partial charge in [-0.2, -0.15) is 0 Å². The fraction of sp³-hybridized carbons (Fsp3) is 0.444. The topological polar surface area (TPSA) is 156 Å². The highest BCUT2D eigenvalue weighted by atomic mass is 79.9. The van der Waals surface area contributed by atoms with Crippen LogP contribution in [0, 0.1) is 11.8 Å². The number of rotatable bonds is 16. The molecule has 3 aliphatic heterocycles. The summed E-state index contributed by atoms with van der Waals surface area (Å²) in [6.45, 7) is 7.49. The second kappa shape index (κ2) is 15.2. The highest BCUT2D eigenvalue weighted by Gasteiger charge is 2.76. The van der Waals surface area contributed by atoms with Crippen LogP contribution in [-0.2, 0) is 35.3 Å². The first-order valence-electron chi connectivity index (χ1n) is 16.8. The lowest BCUT2D eigenvalue weighted by Gasteiger charge is -2.37. The number of fused-ring (bicyclic) bond motifs is 2. The smallest absolute Gasteiger partial charge is 0.306 e. The molecule has 14 heteroatoms. The van der Waals surface area contributed by atoms with Crippen LogP contribution in [0.3, 0.4) is 0 Å². The number of allylic oxidation sites excluding steroid dienone is 1. The average molecular weight is 750 g/mol. The molecule has 1 spiro atoms. The third-order valence-electron chi connectivity index (χ3n) is 9.75. The monoisotopic (exact) mass is 748 g/mol. The first-order valence-corrected chi connectivity index (χ1v) is 17.7. The summed E-state index contributed by atoms with van der Waals surface area (Å²) in [6, 6.07) is 14.8. The highest BCUT2D eigenvalue weighted by Crippen LogP contribution is 2.60. The Balaban J connectivity index is 1.30. The van der Waals surface area contributed by atoms with Crippen molar-refractivity contribution in [3.63, 3.8) is 0 Å². The molecule has 3 amide bonds. The van der Waals surface area contributed by atoms with Crippen LogP contribution in [0.2, 0.25) is 0 Å². The zero-order valence-corrected chi connectivity index (χ0v) is 29.2. The van der Waals surface area contributed by atoms with Crippen molar-refractivity contribution >= 4 is 50.7 Å². The van der Waals surface area contributed by atoms with Crippen molar-refractivity contribution in [1.82, 2.24) is 30.1 Å². The molecule has 6 rings (SSSR count). The number of aliphatic hydroxyl groups excluding tert-OH is 1. The number of aliphatic hydroxyl groups is 1. The van der Waals surface area contributed by atoms with Crippen LogP contribution >= 0.6 is 15.9 Å². The lowest BCUT2D eigenvalue weighted by atomic mass is 9.70. The van der Waals surface area contributed by atoms with Gasteiger partial charge in [-0.1, -0.05) is 75.8 Å². The van der Waals surface area contributed by atoms with Gasteiger partial charge in [0.15, 0.2) is 0 Å². The maximum atomic E-state index is 14.7. The molecule has 50 heavy (non-hydrogen) atoms. The van der Waals surface area contributed by atoms with E-state index in [-0.39, 0.29) is 62.5 Å². The Hall–Kier alpha value is -4.40. The first kappa shape index (κ1) is 35.4. The van der Waals surface area contributed by atoms with E-state index in [1.54, 1.807) is 21.7 Å². The number of aromatic nitrogens is 3. The van der Waals surface area contributed by atoms with Gasteiger partial charge >= 0.3 is 5.97 Å². The Bertz CT molecular complexity index is 1750. The number of ether oxygens (including phenoxy) is 2. The second-order valence-corrected chi connectivity index (χ2v) is 14.0. The summed E-state index contributed by atoms with van der Waals surface area (Å²) in [5.74, 6) is -3.52. The van der Waals surface area contributed by atoms with Gasteiger partial charge in [0.05, 0.1) is 29.5 Å². The number of benzene rings is 2. The Morgan fingerprint density at radius 3 is 2.66 bits per heavy atom. The summed E-state index contributed by atoms with van der Waals surface area (Å²) in [6.07, 6.45) is 3.72. The Kier molecular flexibility index (Phi) is 10.8. The molecular formula is C36H41BrN6O7. The molecule has 2 aromatic carbocycles. The third kappa shape index (κ3) is 6.59. The number of carbonyl (C=O) groups is 4. The molecule has 7 atom stereocenters. The standard InChI is InChI=1S/C36H41BrN6O7/c1-3-5-16-28(45)49-21-26(23-12-7-6-8-13-23)38-33(46)29-30-34(47)42(18-11-19-44)32(36(30)20-24(37)31(29)50-36)35(48)41(17-4-2)22-43-27-15-10-9-14-25(27)39-40-43/h3-4,6-10,12-15,24,26,29-32,44H,1-2,5,11,16-22H2,(H,38,46)/t24?,26-,29-,30+,31-,32-,36+/m1/s1. The zero-order valence-electron chi connectivity index (χ0n) is 27.6. The molecule has 3 saturated heterocycles. The maximum absolute atomic E-state index is 14.7. The lowest BCUT2D eigenvalue weighted by molar-refractivity contribution is -0.149. The minimum absolute atomic E-state index is 0.0417. The van der Waals surface area contributed by atoms with Crippen LogP contribution in [-0.4, -0.2) is 102 Å². The number of esters is 1. The first-order chi connectivity index (χ1) is 24.2. The zero-order chi connectivity index (χ0) is 35.4. The van der Waals surface area contributed by atoms with Gasteiger partial charge in [-0.3, -0.25) is 19.2 Å². The molecule has 264 valence electrons. The third-order valence-corrected chi connectivity index (χ3v) is 10.6. The SMILES string of the molecule is C=CCCC(=O)OC[C@@H](NC(=O)[C@H]1[C@@H]2O[C@@]3(CC2Br)[C@@H]1C(=O)N(CCCO)[C@@H]3C(=O)N(CC=C)Cn1nnc2ccccc21)c1ccccc1. The van der Waals surface area contributed by atoms with Crippen LogP contribution in [0.5, 0.6) is 0 Å². The number of carbonyl (C=O) groups excluding carboxylic acids is 4. The van der Waals surface area contributed by atoms with Gasteiger partial charge in [-0.25, -0.2) is 4.68 Å². The normalized spacial score (nSPS) is 25.7. The van der Waals surface area contributed by atoms with E-state index in [9.17, 15) is 24.3 Å². The number of hydrogen-bond acceptors (Lipinski definition) is 9. The van der Waals surface area contributed by atoms with Crippen molar-refractivity contribution in [2.24, 2.45) is 11.8 Å². The predicted octanol–water partition coefficient (Wildman–Crippen LogP) is 2.90. The van der Waals surface area contributed by atoms with Gasteiger partial charge in [-0.05, 0) is 37.0 Å². The lowest BCUT2D eigenvalue weighted by Crippen LogP contribution is -2.57. The van der Waals surface area contributed by atoms with Crippen LogP contribution in [0.15, 0.2) is 79.9 Å². The molecule has 2 bridgehead atoms. The van der Waals surface area contributed by atoms with Crippen LogP contribution in [0.1, 0.15) is 37.3 Å². The van der Waals surface area contributed by atoms with Crippen molar-refractivity contribution in [1.29, 1.82) is 0 Å². The van der Waals surface area contributed by atoms with E-state index in [4.69, 9.17) is 9.47 Å². The number of halogens is 1. The summed E-state index contributed by atoms with van der Waals surface area (Å²) in [7, 11) is 0. The summed E-state index contributed by atoms with van der Waals surface area (Å²) >= 11 is 3.72. The molecule has 1 unspecified atom stereocenters. The van der Waals surface area contributed by atoms with Crippen molar-refractivity contribution < 1.29 is 33.8 Å². The van der Waals surface area contributed by atoms with Crippen molar-refractivity contribution in [2.45, 2.75) is 61.0 Å². The second-order valence-electron chi connectivity index (χ2n) is 12.8. The molecule has 3 fully saturated rings. The van der Waals surface area contributed by atoms with E-state index < -0.39 is 47.5 Å². The number of para-hydroxylation sites is 1. The molecule has 3 aromatic rings. The van der Waals surface area contributed by atoms with E-state index in [1.807, 2.05) is 54.6 Å². The van der Waals surface area contributed by atoms with E-state index in [2.05, 4.69) is 44.7 Å². The fourth-order valence-corrected chi connectivity index (χ4v) is 8.51. The van der Waals surface area contributed by atoms with Gasteiger partial charge in [0.2, 0.25) is 17.7 Å². The number of alkyl halides is 1. The van der Waals surface area contributed by atoms with Gasteiger partial charge in [0, 0.05) is 30.9 Å². The van der Waals surface area contributed by atoms with E-state index >= 15 is 0 Å². The molecule has 13 nitrogen and oxygen atoms in total. The Morgan fingerprint density at radius 2 is 1.92 bits per heavy atom. The molecule has 0 aliphatic carbocycles. The van der Waals surface area contributed by atoms with Gasteiger partial charge in [0.1, 0.15) is 30.4 Å². The van der Waals surface area contributed by atoms with Crippen molar-refractivity contribution in [3.05, 3.63) is 85.5 Å². The number of nitrogens with zero attached hydrogens (tertiary/aromatic N) is 5. The average Bonchev–Trinajstić information content (AvgIpc) is 3.85. The molecule has 1 aromatic heterocycles. The molecule has 2 N–H and O–H groups in total. The van der Waals surface area contributed by atoms with Crippen LogP contribution in [0.25, 0.3) is 11.0 Å². The molecule has 0 radical (unpaired) electrons. The van der Waals surface area contributed by atoms with Crippen LogP contribution in [0.4, 0.5) is 0 Å². The molecular weight excluding hydrogens is 708 g/mol. The van der Waals surface area contributed by atoms with Gasteiger partial charge < -0.3 is 29.7 Å². The molecule has 0 saturated carbocycles. The summed E-state index contributed by atoms with van der Waals surface area (Å²) in [5.41, 5.74) is 0.822. The van der Waals surface area contributed by atoms with Crippen LogP contribution < -0.4 is 5.32 Å². The number of nitrogens with one attached hydrogen (secondary N) is 1. The quantitative estimate of drug-likeness (QED) is 0.128. The van der Waals surface area contributed by atoms with Crippen molar-refractivity contribution in [2.75, 3.05) is 26.3 Å². The summed E-state index contributed by atoms with van der Waals surface area (Å²) in [5, 5.41) is 21.3. The van der Waals surface area contributed by atoms with Gasteiger partial charge in [0.25, 0.3) is 0 Å². The number of hydrogen-bond donors (Lipinski definition) is 2. The molecule has 3 aliphatic rings. The summed E-state index contributed by atoms with van der Waals surface area (Å²) < 4.78 is 13.8. The highest BCUT2D eigenvalue weighted by molar-refractivity contribution is 9.09. The van der Waals surface area contributed by atoms with E-state index in [1.165, 1.54) is 4.90 Å². The summed E-state index contributed by atoms with van der Waals surface area (Å²) in [4.78, 5) is 58.6.